The molecule has 2 aromatic heterocycles. The molecule has 0 unspecified atom stereocenters. The highest BCUT2D eigenvalue weighted by molar-refractivity contribution is 6.06. The van der Waals surface area contributed by atoms with Gasteiger partial charge in [-0.2, -0.15) is 10.4 Å². The van der Waals surface area contributed by atoms with Crippen molar-refractivity contribution in [1.82, 2.24) is 14.8 Å². The van der Waals surface area contributed by atoms with Crippen LogP contribution in [0.25, 0.3) is 28.1 Å². The second kappa shape index (κ2) is 9.16. The molecule has 0 spiro atoms. The van der Waals surface area contributed by atoms with Gasteiger partial charge >= 0.3 is 11.9 Å². The van der Waals surface area contributed by atoms with Gasteiger partial charge in [-0.15, -0.1) is 0 Å². The third-order valence-corrected chi connectivity index (χ3v) is 5.04. The highest BCUT2D eigenvalue weighted by Gasteiger charge is 2.31. The van der Waals surface area contributed by atoms with Crippen molar-refractivity contribution in [1.29, 1.82) is 5.26 Å². The maximum absolute atomic E-state index is 12.7. The molecule has 0 aliphatic carbocycles. The number of nitriles is 1. The average molecular weight is 438 g/mol. The number of rotatable bonds is 5. The number of aromatic nitrogens is 3. The van der Waals surface area contributed by atoms with Gasteiger partial charge in [0.2, 0.25) is 0 Å². The lowest BCUT2D eigenvalue weighted by Crippen LogP contribution is -2.15. The number of pyridine rings is 1. The van der Waals surface area contributed by atoms with Crippen molar-refractivity contribution < 1.29 is 19.1 Å². The summed E-state index contributed by atoms with van der Waals surface area (Å²) in [6, 6.07) is 21.7. The van der Waals surface area contributed by atoms with E-state index in [4.69, 9.17) is 9.47 Å². The predicted molar refractivity (Wildman–Crippen MR) is 120 cm³/mol. The molecule has 0 fully saturated rings. The Morgan fingerprint density at radius 3 is 2.18 bits per heavy atom. The summed E-state index contributed by atoms with van der Waals surface area (Å²) < 4.78 is 11.3. The van der Waals surface area contributed by atoms with Crippen molar-refractivity contribution in [3.05, 3.63) is 89.9 Å². The topological polar surface area (TPSA) is 107 Å². The lowest BCUT2D eigenvalue weighted by molar-refractivity contribution is 0.0549. The molecule has 2 heterocycles. The zero-order chi connectivity index (χ0) is 23.4. The summed E-state index contributed by atoms with van der Waals surface area (Å²) in [6.07, 6.45) is 1.56. The maximum atomic E-state index is 12.7. The lowest BCUT2D eigenvalue weighted by Gasteiger charge is -2.07. The van der Waals surface area contributed by atoms with Crippen molar-refractivity contribution in [2.45, 2.75) is 0 Å². The summed E-state index contributed by atoms with van der Waals surface area (Å²) in [6.45, 7) is 0. The van der Waals surface area contributed by atoms with Crippen LogP contribution in [0.4, 0.5) is 0 Å². The number of methoxy groups -OCH3 is 2. The standard InChI is InChI=1S/C25H18N4O4/c1-32-24(30)21-22(28-29(23(21)25(31)33-2)18-7-4-3-5-8-18)17-12-10-16(11-13-17)19-9-6-14-27-20(19)15-26/h3-14H,1-2H3. The molecule has 4 aromatic rings. The molecule has 33 heavy (non-hydrogen) atoms. The summed E-state index contributed by atoms with van der Waals surface area (Å²) in [5, 5.41) is 13.9. The van der Waals surface area contributed by atoms with E-state index < -0.39 is 11.9 Å². The normalized spacial score (nSPS) is 10.3. The molecular formula is C25H18N4O4. The molecule has 0 radical (unpaired) electrons. The Morgan fingerprint density at radius 1 is 0.879 bits per heavy atom. The SMILES string of the molecule is COC(=O)c1c(-c2ccc(-c3cccnc3C#N)cc2)nn(-c2ccccc2)c1C(=O)OC. The summed E-state index contributed by atoms with van der Waals surface area (Å²) in [4.78, 5) is 29.5. The van der Waals surface area contributed by atoms with Crippen LogP contribution in [0.1, 0.15) is 26.5 Å². The molecule has 0 atom stereocenters. The highest BCUT2D eigenvalue weighted by atomic mass is 16.5. The zero-order valence-corrected chi connectivity index (χ0v) is 17.9. The molecule has 0 N–H and O–H groups in total. The van der Waals surface area contributed by atoms with Crippen molar-refractivity contribution >= 4 is 11.9 Å². The van der Waals surface area contributed by atoms with E-state index in [2.05, 4.69) is 16.2 Å². The molecule has 0 saturated heterocycles. The Labute approximate surface area is 189 Å². The first kappa shape index (κ1) is 21.5. The molecule has 0 saturated carbocycles. The first-order chi connectivity index (χ1) is 16.1. The molecule has 2 aromatic carbocycles. The number of esters is 2. The Morgan fingerprint density at radius 2 is 1.55 bits per heavy atom. The number of nitrogens with zero attached hydrogens (tertiary/aromatic N) is 4. The largest absolute Gasteiger partial charge is 0.465 e. The zero-order valence-electron chi connectivity index (χ0n) is 17.9. The predicted octanol–water partition coefficient (Wildman–Crippen LogP) is 4.05. The molecule has 8 nitrogen and oxygen atoms in total. The number of carbonyl (C=O) groups excluding carboxylic acids is 2. The summed E-state index contributed by atoms with van der Waals surface area (Å²) in [7, 11) is 2.48. The van der Waals surface area contributed by atoms with Crippen molar-refractivity contribution in [2.24, 2.45) is 0 Å². The second-order valence-electron chi connectivity index (χ2n) is 6.89. The smallest absolute Gasteiger partial charge is 0.357 e. The van der Waals surface area contributed by atoms with E-state index >= 15 is 0 Å². The van der Waals surface area contributed by atoms with E-state index in [0.717, 1.165) is 5.56 Å². The van der Waals surface area contributed by atoms with Crippen LogP contribution < -0.4 is 0 Å². The van der Waals surface area contributed by atoms with Crippen molar-refractivity contribution in [3.8, 4) is 34.1 Å². The number of para-hydroxylation sites is 1. The van der Waals surface area contributed by atoms with E-state index in [9.17, 15) is 14.9 Å². The van der Waals surface area contributed by atoms with Crippen molar-refractivity contribution in [2.75, 3.05) is 14.2 Å². The van der Waals surface area contributed by atoms with E-state index in [1.165, 1.54) is 18.9 Å². The van der Waals surface area contributed by atoms with E-state index in [0.29, 0.717) is 22.5 Å². The van der Waals surface area contributed by atoms with Gasteiger partial charge in [-0.1, -0.05) is 42.5 Å². The van der Waals surface area contributed by atoms with Crippen LogP contribution in [0.3, 0.4) is 0 Å². The average Bonchev–Trinajstić information content (AvgIpc) is 3.29. The second-order valence-corrected chi connectivity index (χ2v) is 6.89. The number of benzene rings is 2. The van der Waals surface area contributed by atoms with Crippen LogP contribution in [0.5, 0.6) is 0 Å². The van der Waals surface area contributed by atoms with Gasteiger partial charge < -0.3 is 9.47 Å². The summed E-state index contributed by atoms with van der Waals surface area (Å²) >= 11 is 0. The van der Waals surface area contributed by atoms with Crippen LogP contribution in [-0.4, -0.2) is 40.9 Å². The minimum Gasteiger partial charge on any atom is -0.465 e. The van der Waals surface area contributed by atoms with Gasteiger partial charge in [-0.3, -0.25) is 0 Å². The third-order valence-electron chi connectivity index (χ3n) is 5.04. The lowest BCUT2D eigenvalue weighted by atomic mass is 10.00. The fourth-order valence-electron chi connectivity index (χ4n) is 3.49. The Kier molecular flexibility index (Phi) is 5.96. The highest BCUT2D eigenvalue weighted by Crippen LogP contribution is 2.31. The first-order valence-corrected chi connectivity index (χ1v) is 9.90. The number of hydrogen-bond acceptors (Lipinski definition) is 7. The summed E-state index contributed by atoms with van der Waals surface area (Å²) in [5.41, 5.74) is 3.17. The molecule has 0 aliphatic heterocycles. The molecule has 0 bridgehead atoms. The third kappa shape index (κ3) is 3.95. The minimum atomic E-state index is -0.719. The van der Waals surface area contributed by atoms with Crippen LogP contribution >= 0.6 is 0 Å². The molecule has 4 rings (SSSR count). The van der Waals surface area contributed by atoms with Gasteiger partial charge in [-0.05, 0) is 29.8 Å². The van der Waals surface area contributed by atoms with Gasteiger partial charge in [-0.25, -0.2) is 19.3 Å². The Hall–Kier alpha value is -4.77. The van der Waals surface area contributed by atoms with Gasteiger partial charge in [0.1, 0.15) is 23.0 Å². The Balaban J connectivity index is 1.90. The summed E-state index contributed by atoms with van der Waals surface area (Å²) in [5.74, 6) is -1.43. The molecular weight excluding hydrogens is 420 g/mol. The van der Waals surface area contributed by atoms with Crippen LogP contribution in [0.15, 0.2) is 72.9 Å². The first-order valence-electron chi connectivity index (χ1n) is 9.90. The molecule has 0 aliphatic rings. The van der Waals surface area contributed by atoms with Gasteiger partial charge in [0.15, 0.2) is 5.69 Å². The minimum absolute atomic E-state index is 0.0000414. The van der Waals surface area contributed by atoms with Gasteiger partial charge in [0.05, 0.1) is 19.9 Å². The monoisotopic (exact) mass is 438 g/mol. The van der Waals surface area contributed by atoms with Gasteiger partial charge in [0.25, 0.3) is 0 Å². The van der Waals surface area contributed by atoms with Crippen LogP contribution in [0, 0.1) is 11.3 Å². The van der Waals surface area contributed by atoms with Crippen LogP contribution in [-0.2, 0) is 9.47 Å². The van der Waals surface area contributed by atoms with E-state index in [-0.39, 0.29) is 17.0 Å². The van der Waals surface area contributed by atoms with E-state index in [1.54, 1.807) is 66.9 Å². The van der Waals surface area contributed by atoms with Crippen LogP contribution in [0.2, 0.25) is 0 Å². The fraction of sp³-hybridized carbons (Fsp3) is 0.0800. The Bertz CT molecular complexity index is 1370. The number of carbonyl (C=O) groups is 2. The van der Waals surface area contributed by atoms with Gasteiger partial charge in [0, 0.05) is 17.3 Å². The number of ether oxygens (including phenoxy) is 2. The van der Waals surface area contributed by atoms with E-state index in [1.807, 2.05) is 6.07 Å². The quantitative estimate of drug-likeness (QED) is 0.433. The fourth-order valence-corrected chi connectivity index (χ4v) is 3.49. The van der Waals surface area contributed by atoms with Crippen molar-refractivity contribution in [3.63, 3.8) is 0 Å². The number of hydrogen-bond donors (Lipinski definition) is 0. The maximum Gasteiger partial charge on any atom is 0.357 e. The molecule has 162 valence electrons. The molecule has 0 amide bonds. The molecule has 8 heteroatoms.